The standard InChI is InChI=1S/C19H30N2O2/c1-19(2)13-15(11-12-20-19)21-14-7-9-16(10-8-14)23-18-6-4-3-5-17(18)22/h7-10,15,17-18,20-22H,3-6,11-13H2,1-2H3. The molecule has 0 amide bonds. The summed E-state index contributed by atoms with van der Waals surface area (Å²) < 4.78 is 5.96. The van der Waals surface area contributed by atoms with E-state index >= 15 is 0 Å². The molecule has 4 nitrogen and oxygen atoms in total. The fourth-order valence-corrected chi connectivity index (χ4v) is 3.75. The molecule has 1 saturated heterocycles. The predicted molar refractivity (Wildman–Crippen MR) is 94.1 cm³/mol. The molecule has 3 N–H and O–H groups in total. The summed E-state index contributed by atoms with van der Waals surface area (Å²) in [6.45, 7) is 5.58. The number of piperidine rings is 1. The molecule has 0 spiro atoms. The van der Waals surface area contributed by atoms with Crippen molar-refractivity contribution < 1.29 is 9.84 Å². The van der Waals surface area contributed by atoms with Crippen LogP contribution < -0.4 is 15.4 Å². The highest BCUT2D eigenvalue weighted by molar-refractivity contribution is 5.47. The largest absolute Gasteiger partial charge is 0.488 e. The second-order valence-electron chi connectivity index (χ2n) is 7.68. The molecule has 0 radical (unpaired) electrons. The van der Waals surface area contributed by atoms with E-state index in [1.165, 1.54) is 0 Å². The van der Waals surface area contributed by atoms with Gasteiger partial charge in [0, 0.05) is 17.3 Å². The van der Waals surface area contributed by atoms with Crippen molar-refractivity contribution >= 4 is 5.69 Å². The lowest BCUT2D eigenvalue weighted by Crippen LogP contribution is -2.49. The van der Waals surface area contributed by atoms with Gasteiger partial charge in [0.05, 0.1) is 6.10 Å². The van der Waals surface area contributed by atoms with Gasteiger partial charge in [-0.25, -0.2) is 0 Å². The van der Waals surface area contributed by atoms with Gasteiger partial charge in [0.1, 0.15) is 11.9 Å². The number of nitrogens with one attached hydrogen (secondary N) is 2. The van der Waals surface area contributed by atoms with Crippen molar-refractivity contribution in [3.05, 3.63) is 24.3 Å². The summed E-state index contributed by atoms with van der Waals surface area (Å²) in [6, 6.07) is 8.70. The zero-order chi connectivity index (χ0) is 16.3. The fraction of sp³-hybridized carbons (Fsp3) is 0.684. The molecular weight excluding hydrogens is 288 g/mol. The summed E-state index contributed by atoms with van der Waals surface area (Å²) in [5.74, 6) is 0.854. The molecule has 0 aromatic heterocycles. The second kappa shape index (κ2) is 7.10. The van der Waals surface area contributed by atoms with Crippen LogP contribution in [0, 0.1) is 0 Å². The van der Waals surface area contributed by atoms with Gasteiger partial charge in [-0.05, 0) is 76.8 Å². The number of rotatable bonds is 4. The lowest BCUT2D eigenvalue weighted by atomic mass is 9.89. The molecule has 1 aliphatic carbocycles. The Labute approximate surface area is 139 Å². The Kier molecular flexibility index (Phi) is 5.12. The molecule has 128 valence electrons. The maximum absolute atomic E-state index is 10.0. The van der Waals surface area contributed by atoms with E-state index < -0.39 is 0 Å². The Balaban J connectivity index is 1.54. The van der Waals surface area contributed by atoms with Gasteiger partial charge in [-0.2, -0.15) is 0 Å². The van der Waals surface area contributed by atoms with Crippen LogP contribution in [0.1, 0.15) is 52.4 Å². The zero-order valence-electron chi connectivity index (χ0n) is 14.3. The topological polar surface area (TPSA) is 53.5 Å². The maximum Gasteiger partial charge on any atom is 0.124 e. The van der Waals surface area contributed by atoms with Crippen molar-refractivity contribution in [3.8, 4) is 5.75 Å². The van der Waals surface area contributed by atoms with Gasteiger partial charge >= 0.3 is 0 Å². The van der Waals surface area contributed by atoms with Crippen LogP contribution >= 0.6 is 0 Å². The van der Waals surface area contributed by atoms with E-state index in [9.17, 15) is 5.11 Å². The van der Waals surface area contributed by atoms with E-state index in [4.69, 9.17) is 4.74 Å². The maximum atomic E-state index is 10.0. The van der Waals surface area contributed by atoms with Crippen LogP contribution in [0.15, 0.2) is 24.3 Å². The lowest BCUT2D eigenvalue weighted by molar-refractivity contribution is 0.00688. The van der Waals surface area contributed by atoms with E-state index in [-0.39, 0.29) is 17.7 Å². The Hall–Kier alpha value is -1.26. The molecule has 1 aromatic rings. The van der Waals surface area contributed by atoms with Gasteiger partial charge in [-0.15, -0.1) is 0 Å². The predicted octanol–water partition coefficient (Wildman–Crippen LogP) is 3.31. The van der Waals surface area contributed by atoms with E-state index in [0.29, 0.717) is 6.04 Å². The number of ether oxygens (including phenoxy) is 1. The van der Waals surface area contributed by atoms with Crippen molar-refractivity contribution in [2.24, 2.45) is 0 Å². The van der Waals surface area contributed by atoms with E-state index in [0.717, 1.165) is 56.5 Å². The number of aliphatic hydroxyl groups excluding tert-OH is 1. The van der Waals surface area contributed by atoms with Crippen LogP contribution in [0.2, 0.25) is 0 Å². The van der Waals surface area contributed by atoms with E-state index in [1.54, 1.807) is 0 Å². The number of anilines is 1. The third-order valence-electron chi connectivity index (χ3n) is 5.03. The molecule has 1 aromatic carbocycles. The van der Waals surface area contributed by atoms with Crippen molar-refractivity contribution in [2.75, 3.05) is 11.9 Å². The van der Waals surface area contributed by atoms with Gasteiger partial charge in [0.15, 0.2) is 0 Å². The SMILES string of the molecule is CC1(C)CC(Nc2ccc(OC3CCCCC3O)cc2)CCN1. The summed E-state index contributed by atoms with van der Waals surface area (Å²) in [5.41, 5.74) is 1.35. The van der Waals surface area contributed by atoms with Crippen LogP contribution in [0.25, 0.3) is 0 Å². The summed E-state index contributed by atoms with van der Waals surface area (Å²) in [6.07, 6.45) is 5.96. The van der Waals surface area contributed by atoms with Crippen LogP contribution in [0.5, 0.6) is 5.75 Å². The average molecular weight is 318 g/mol. The molecule has 1 aliphatic heterocycles. The molecule has 3 unspecified atom stereocenters. The van der Waals surface area contributed by atoms with Crippen molar-refractivity contribution in [2.45, 2.75) is 76.2 Å². The van der Waals surface area contributed by atoms with Crippen molar-refractivity contribution in [1.29, 1.82) is 0 Å². The molecule has 0 bridgehead atoms. The Morgan fingerprint density at radius 1 is 1.13 bits per heavy atom. The normalized spacial score (nSPS) is 30.7. The van der Waals surface area contributed by atoms with Crippen molar-refractivity contribution in [1.82, 2.24) is 5.32 Å². The van der Waals surface area contributed by atoms with Crippen LogP contribution in [-0.2, 0) is 0 Å². The first-order chi connectivity index (χ1) is 11.0. The first kappa shape index (κ1) is 16.6. The third-order valence-corrected chi connectivity index (χ3v) is 5.03. The van der Waals surface area contributed by atoms with Crippen LogP contribution in [0.3, 0.4) is 0 Å². The number of aliphatic hydroxyl groups is 1. The van der Waals surface area contributed by atoms with Crippen LogP contribution in [0.4, 0.5) is 5.69 Å². The van der Waals surface area contributed by atoms with E-state index in [2.05, 4.69) is 36.6 Å². The van der Waals surface area contributed by atoms with Gasteiger partial charge < -0.3 is 20.5 Å². The third kappa shape index (κ3) is 4.61. The second-order valence-corrected chi connectivity index (χ2v) is 7.68. The Bertz CT molecular complexity index is 501. The van der Waals surface area contributed by atoms with Gasteiger partial charge in [0.25, 0.3) is 0 Å². The van der Waals surface area contributed by atoms with Gasteiger partial charge in [0.2, 0.25) is 0 Å². The highest BCUT2D eigenvalue weighted by atomic mass is 16.5. The minimum absolute atomic E-state index is 0.0484. The molecule has 2 fully saturated rings. The molecule has 3 rings (SSSR count). The highest BCUT2D eigenvalue weighted by Gasteiger charge is 2.27. The van der Waals surface area contributed by atoms with Crippen LogP contribution in [-0.4, -0.2) is 35.4 Å². The Morgan fingerprint density at radius 3 is 2.57 bits per heavy atom. The zero-order valence-corrected chi connectivity index (χ0v) is 14.3. The summed E-state index contributed by atoms with van der Waals surface area (Å²) in [7, 11) is 0. The first-order valence-corrected chi connectivity index (χ1v) is 8.98. The average Bonchev–Trinajstić information content (AvgIpc) is 2.50. The van der Waals surface area contributed by atoms with Gasteiger partial charge in [-0.1, -0.05) is 6.42 Å². The quantitative estimate of drug-likeness (QED) is 0.797. The number of hydrogen-bond donors (Lipinski definition) is 3. The van der Waals surface area contributed by atoms with E-state index in [1.807, 2.05) is 12.1 Å². The summed E-state index contributed by atoms with van der Waals surface area (Å²) in [5, 5.41) is 17.2. The molecule has 23 heavy (non-hydrogen) atoms. The molecule has 1 saturated carbocycles. The van der Waals surface area contributed by atoms with Gasteiger partial charge in [-0.3, -0.25) is 0 Å². The fourth-order valence-electron chi connectivity index (χ4n) is 3.75. The Morgan fingerprint density at radius 2 is 1.87 bits per heavy atom. The minimum atomic E-state index is -0.321. The van der Waals surface area contributed by atoms with Crippen molar-refractivity contribution in [3.63, 3.8) is 0 Å². The first-order valence-electron chi connectivity index (χ1n) is 8.98. The molecular formula is C19H30N2O2. The molecule has 2 aliphatic rings. The smallest absolute Gasteiger partial charge is 0.124 e. The minimum Gasteiger partial charge on any atom is -0.488 e. The number of hydrogen-bond acceptors (Lipinski definition) is 4. The molecule has 1 heterocycles. The molecule has 3 atom stereocenters. The monoisotopic (exact) mass is 318 g/mol. The number of benzene rings is 1. The lowest BCUT2D eigenvalue weighted by Gasteiger charge is -2.37. The summed E-state index contributed by atoms with van der Waals surface area (Å²) >= 11 is 0. The summed E-state index contributed by atoms with van der Waals surface area (Å²) in [4.78, 5) is 0. The molecule has 4 heteroatoms. The highest BCUT2D eigenvalue weighted by Crippen LogP contribution is 2.26.